The minimum Gasteiger partial charge on any atom is -0.324 e. The van der Waals surface area contributed by atoms with Gasteiger partial charge in [-0.05, 0) is 29.8 Å². The molecule has 0 aliphatic carbocycles. The van der Waals surface area contributed by atoms with E-state index in [0.717, 1.165) is 5.56 Å². The van der Waals surface area contributed by atoms with Crippen molar-refractivity contribution in [1.29, 1.82) is 0 Å². The molecule has 0 spiro atoms. The smallest absolute Gasteiger partial charge is 0.269 e. The molecule has 7 nitrogen and oxygen atoms in total. The average molecular weight is 375 g/mol. The normalized spacial score (nSPS) is 10.1. The molecule has 0 radical (unpaired) electrons. The number of carbonyl (C=O) groups excluding carboxylic acids is 2. The molecule has 0 saturated carbocycles. The van der Waals surface area contributed by atoms with Crippen molar-refractivity contribution >= 4 is 28.9 Å². The molecule has 7 heteroatoms. The molecule has 0 atom stereocenters. The lowest BCUT2D eigenvalue weighted by Gasteiger charge is -2.12. The Morgan fingerprint density at radius 3 is 1.96 bits per heavy atom. The van der Waals surface area contributed by atoms with Crippen molar-refractivity contribution in [2.75, 3.05) is 10.6 Å². The van der Waals surface area contributed by atoms with Gasteiger partial charge >= 0.3 is 0 Å². The van der Waals surface area contributed by atoms with E-state index in [1.165, 1.54) is 24.3 Å². The summed E-state index contributed by atoms with van der Waals surface area (Å²) < 4.78 is 0. The highest BCUT2D eigenvalue weighted by atomic mass is 16.6. The van der Waals surface area contributed by atoms with Crippen molar-refractivity contribution in [2.24, 2.45) is 0 Å². The van der Waals surface area contributed by atoms with Gasteiger partial charge in [-0.1, -0.05) is 42.5 Å². The van der Waals surface area contributed by atoms with Crippen LogP contribution in [0.25, 0.3) is 0 Å². The van der Waals surface area contributed by atoms with Crippen LogP contribution in [0.15, 0.2) is 78.9 Å². The predicted molar refractivity (Wildman–Crippen MR) is 106 cm³/mol. The minimum atomic E-state index is -0.529. The van der Waals surface area contributed by atoms with Gasteiger partial charge in [0.2, 0.25) is 5.91 Å². The molecule has 0 aromatic heterocycles. The number of anilines is 2. The van der Waals surface area contributed by atoms with Gasteiger partial charge in [-0.2, -0.15) is 0 Å². The second kappa shape index (κ2) is 8.59. The maximum Gasteiger partial charge on any atom is 0.269 e. The van der Waals surface area contributed by atoms with Gasteiger partial charge in [-0.25, -0.2) is 0 Å². The Hall–Kier alpha value is -4.00. The standard InChI is InChI=1S/C21H17N3O4/c25-20(14-15-6-2-1-3-7-15)22-18-8-4-5-9-19(18)23-21(26)16-10-12-17(13-11-16)24(27)28/h1-13H,14H2,(H,22,25)(H,23,26). The first-order valence-electron chi connectivity index (χ1n) is 8.51. The van der Waals surface area contributed by atoms with Gasteiger partial charge in [-0.3, -0.25) is 19.7 Å². The lowest BCUT2D eigenvalue weighted by molar-refractivity contribution is -0.384. The van der Waals surface area contributed by atoms with Gasteiger partial charge < -0.3 is 10.6 Å². The number of hydrogen-bond acceptors (Lipinski definition) is 4. The zero-order valence-electron chi connectivity index (χ0n) is 14.8. The second-order valence-corrected chi connectivity index (χ2v) is 6.01. The fourth-order valence-corrected chi connectivity index (χ4v) is 2.61. The maximum absolute atomic E-state index is 12.4. The molecule has 3 aromatic rings. The average Bonchev–Trinajstić information content (AvgIpc) is 2.70. The van der Waals surface area contributed by atoms with Gasteiger partial charge in [0, 0.05) is 17.7 Å². The molecule has 0 fully saturated rings. The van der Waals surface area contributed by atoms with Crippen LogP contribution < -0.4 is 10.6 Å². The number of hydrogen-bond donors (Lipinski definition) is 2. The van der Waals surface area contributed by atoms with Crippen LogP contribution >= 0.6 is 0 Å². The molecular weight excluding hydrogens is 358 g/mol. The van der Waals surface area contributed by atoms with E-state index >= 15 is 0 Å². The molecule has 3 rings (SSSR count). The molecule has 0 saturated heterocycles. The van der Waals surface area contributed by atoms with Crippen LogP contribution in [0.4, 0.5) is 17.1 Å². The molecule has 0 heterocycles. The Balaban J connectivity index is 1.70. The number of benzene rings is 3. The monoisotopic (exact) mass is 375 g/mol. The van der Waals surface area contributed by atoms with E-state index < -0.39 is 10.8 Å². The van der Waals surface area contributed by atoms with E-state index in [2.05, 4.69) is 10.6 Å². The molecule has 140 valence electrons. The van der Waals surface area contributed by atoms with Crippen LogP contribution in [0.2, 0.25) is 0 Å². The van der Waals surface area contributed by atoms with E-state index in [1.54, 1.807) is 24.3 Å². The van der Waals surface area contributed by atoms with Gasteiger partial charge in [0.25, 0.3) is 11.6 Å². The molecule has 28 heavy (non-hydrogen) atoms. The van der Waals surface area contributed by atoms with Crippen LogP contribution in [0, 0.1) is 10.1 Å². The highest BCUT2D eigenvalue weighted by Crippen LogP contribution is 2.22. The fraction of sp³-hybridized carbons (Fsp3) is 0.0476. The van der Waals surface area contributed by atoms with Gasteiger partial charge in [-0.15, -0.1) is 0 Å². The third-order valence-corrected chi connectivity index (χ3v) is 4.00. The van der Waals surface area contributed by atoms with E-state index in [9.17, 15) is 19.7 Å². The van der Waals surface area contributed by atoms with Crippen molar-refractivity contribution < 1.29 is 14.5 Å². The summed E-state index contributed by atoms with van der Waals surface area (Å²) >= 11 is 0. The van der Waals surface area contributed by atoms with Crippen molar-refractivity contribution in [1.82, 2.24) is 0 Å². The zero-order valence-corrected chi connectivity index (χ0v) is 14.8. The van der Waals surface area contributed by atoms with E-state index in [-0.39, 0.29) is 23.6 Å². The number of nitro groups is 1. The highest BCUT2D eigenvalue weighted by Gasteiger charge is 2.13. The van der Waals surface area contributed by atoms with Gasteiger partial charge in [0.15, 0.2) is 0 Å². The summed E-state index contributed by atoms with van der Waals surface area (Å²) in [5.74, 6) is -0.636. The highest BCUT2D eigenvalue weighted by molar-refractivity contribution is 6.07. The van der Waals surface area contributed by atoms with Gasteiger partial charge in [0.05, 0.1) is 22.7 Å². The van der Waals surface area contributed by atoms with Gasteiger partial charge in [0.1, 0.15) is 0 Å². The first-order chi connectivity index (χ1) is 13.5. The molecule has 0 aliphatic rings. The second-order valence-electron chi connectivity index (χ2n) is 6.01. The topological polar surface area (TPSA) is 101 Å². The van der Waals surface area contributed by atoms with E-state index in [4.69, 9.17) is 0 Å². The Labute approximate surface area is 161 Å². The quantitative estimate of drug-likeness (QED) is 0.502. The predicted octanol–water partition coefficient (Wildman–Crippen LogP) is 4.03. The minimum absolute atomic E-state index is 0.0925. The Morgan fingerprint density at radius 2 is 1.36 bits per heavy atom. The number of carbonyl (C=O) groups is 2. The number of non-ortho nitro benzene ring substituents is 1. The van der Waals surface area contributed by atoms with Crippen molar-refractivity contribution in [2.45, 2.75) is 6.42 Å². The largest absolute Gasteiger partial charge is 0.324 e. The summed E-state index contributed by atoms with van der Waals surface area (Å²) in [7, 11) is 0. The van der Waals surface area contributed by atoms with Crippen LogP contribution in [-0.4, -0.2) is 16.7 Å². The fourth-order valence-electron chi connectivity index (χ4n) is 2.61. The summed E-state index contributed by atoms with van der Waals surface area (Å²) in [6.45, 7) is 0. The summed E-state index contributed by atoms with van der Waals surface area (Å²) in [4.78, 5) is 34.9. The number of nitro benzene ring substituents is 1. The van der Waals surface area contributed by atoms with E-state index in [1.807, 2.05) is 30.3 Å². The number of rotatable bonds is 6. The third kappa shape index (κ3) is 4.79. The van der Waals surface area contributed by atoms with Crippen LogP contribution in [0.1, 0.15) is 15.9 Å². The van der Waals surface area contributed by atoms with Crippen molar-refractivity contribution in [3.8, 4) is 0 Å². The lowest BCUT2D eigenvalue weighted by Crippen LogP contribution is -2.18. The summed E-state index contributed by atoms with van der Waals surface area (Å²) in [6.07, 6.45) is 0.214. The lowest BCUT2D eigenvalue weighted by atomic mass is 10.1. The summed E-state index contributed by atoms with van der Waals surface area (Å²) in [5, 5.41) is 16.2. The van der Waals surface area contributed by atoms with Crippen molar-refractivity contribution in [3.05, 3.63) is 100 Å². The van der Waals surface area contributed by atoms with E-state index in [0.29, 0.717) is 11.4 Å². The molecule has 0 aliphatic heterocycles. The Morgan fingerprint density at radius 1 is 0.786 bits per heavy atom. The zero-order chi connectivity index (χ0) is 19.9. The molecule has 2 amide bonds. The van der Waals surface area contributed by atoms with Crippen molar-refractivity contribution in [3.63, 3.8) is 0 Å². The Bertz CT molecular complexity index is 1000. The Kier molecular flexibility index (Phi) is 5.76. The number of nitrogens with zero attached hydrogens (tertiary/aromatic N) is 1. The first-order valence-corrected chi connectivity index (χ1v) is 8.51. The number of amides is 2. The molecular formula is C21H17N3O4. The molecule has 0 unspecified atom stereocenters. The molecule has 3 aromatic carbocycles. The summed E-state index contributed by atoms with van der Waals surface area (Å²) in [5.41, 5.74) is 1.97. The number of nitrogens with one attached hydrogen (secondary N) is 2. The summed E-state index contributed by atoms with van der Waals surface area (Å²) in [6, 6.07) is 21.5. The third-order valence-electron chi connectivity index (χ3n) is 4.00. The maximum atomic E-state index is 12.4. The van der Waals surface area contributed by atoms with Crippen LogP contribution in [0.5, 0.6) is 0 Å². The van der Waals surface area contributed by atoms with Crippen LogP contribution in [0.3, 0.4) is 0 Å². The van der Waals surface area contributed by atoms with Crippen LogP contribution in [-0.2, 0) is 11.2 Å². The molecule has 2 N–H and O–H groups in total. The SMILES string of the molecule is O=C(Cc1ccccc1)Nc1ccccc1NC(=O)c1ccc([N+](=O)[O-])cc1. The first kappa shape index (κ1) is 18.8. The molecule has 0 bridgehead atoms. The number of para-hydroxylation sites is 2.